The second-order valence-electron chi connectivity index (χ2n) is 7.67. The molecule has 0 saturated heterocycles. The van der Waals surface area contributed by atoms with Gasteiger partial charge in [0.05, 0.1) is 5.69 Å². The van der Waals surface area contributed by atoms with E-state index < -0.39 is 7.81 Å². The molecule has 2 aromatic heterocycles. The second kappa shape index (κ2) is 12.7. The molecule has 11 heteroatoms. The number of aryl methyl sites for hydroxylation is 1. The van der Waals surface area contributed by atoms with Crippen LogP contribution in [0, 0.1) is 0 Å². The summed E-state index contributed by atoms with van der Waals surface area (Å²) >= 11 is 1.46. The van der Waals surface area contributed by atoms with E-state index in [4.69, 9.17) is 0 Å². The molecule has 0 aliphatic heterocycles. The molecule has 33 heavy (non-hydrogen) atoms. The number of nitrogens with zero attached hydrogens (tertiary/aromatic N) is 2. The second-order valence-corrected chi connectivity index (χ2v) is 10.9. The van der Waals surface area contributed by atoms with Crippen LogP contribution in [0.15, 0.2) is 48.9 Å². The van der Waals surface area contributed by atoms with Crippen molar-refractivity contribution in [3.8, 4) is 11.3 Å². The maximum absolute atomic E-state index is 10.8. The zero-order valence-electron chi connectivity index (χ0n) is 18.6. The van der Waals surface area contributed by atoms with E-state index in [1.807, 2.05) is 24.4 Å². The van der Waals surface area contributed by atoms with Crippen molar-refractivity contribution in [1.82, 2.24) is 4.98 Å². The van der Waals surface area contributed by atoms with Gasteiger partial charge in [0.2, 0.25) is 0 Å². The van der Waals surface area contributed by atoms with E-state index in [2.05, 4.69) is 34.1 Å². The Morgan fingerprint density at radius 1 is 0.848 bits per heavy atom. The maximum atomic E-state index is 10.8. The van der Waals surface area contributed by atoms with Crippen molar-refractivity contribution in [3.05, 3.63) is 48.9 Å². The van der Waals surface area contributed by atoms with Crippen LogP contribution in [0.5, 0.6) is 0 Å². The van der Waals surface area contributed by atoms with Gasteiger partial charge in [-0.2, -0.15) is 0 Å². The van der Waals surface area contributed by atoms with Gasteiger partial charge in [-0.05, 0) is 25.0 Å². The first-order valence-electron chi connectivity index (χ1n) is 10.8. The van der Waals surface area contributed by atoms with Crippen LogP contribution in [0.25, 0.3) is 11.3 Å². The minimum atomic E-state index is -10.7. The molecule has 0 aliphatic carbocycles. The van der Waals surface area contributed by atoms with Crippen molar-refractivity contribution in [2.45, 2.75) is 64.8 Å². The van der Waals surface area contributed by atoms with Crippen molar-refractivity contribution in [2.24, 2.45) is 0 Å². The van der Waals surface area contributed by atoms with E-state index in [0.717, 1.165) is 18.0 Å². The average Bonchev–Trinajstić information content (AvgIpc) is 2.70. The molecule has 0 unspecified atom stereocenters. The third-order valence-electron chi connectivity index (χ3n) is 4.47. The number of pyridine rings is 2. The van der Waals surface area contributed by atoms with Crippen molar-refractivity contribution < 1.29 is 34.5 Å². The summed E-state index contributed by atoms with van der Waals surface area (Å²) in [6, 6.07) is 10.3. The van der Waals surface area contributed by atoms with E-state index in [9.17, 15) is 30.0 Å². The Morgan fingerprint density at radius 2 is 1.36 bits per heavy atom. The SMILES string of the molecule is CC(=O)SCCCCCCCCCC[n+]1ccc(-c2ccccn2)cc1.F[P-](F)(F)(F)(F)F. The van der Waals surface area contributed by atoms with Gasteiger partial charge in [0.1, 0.15) is 6.54 Å². The zero-order valence-corrected chi connectivity index (χ0v) is 20.3. The fourth-order valence-electron chi connectivity index (χ4n) is 2.98. The first-order valence-corrected chi connectivity index (χ1v) is 13.8. The Balaban J connectivity index is 0.000000675. The van der Waals surface area contributed by atoms with Gasteiger partial charge < -0.3 is 0 Å². The van der Waals surface area contributed by atoms with E-state index in [1.54, 1.807) is 6.92 Å². The summed E-state index contributed by atoms with van der Waals surface area (Å²) < 4.78 is 61.5. The Morgan fingerprint density at radius 3 is 1.85 bits per heavy atom. The van der Waals surface area contributed by atoms with Crippen LogP contribution >= 0.6 is 19.6 Å². The standard InChI is InChI=1S/C22H31N2OS.F6P/c1-20(25)26-19-11-7-5-3-2-4-6-10-16-24-17-13-21(14-18-24)22-12-8-9-15-23-22;1-7(2,3,4,5)6/h8-9,12-15,17-18H,2-7,10-11,16,19H2,1H3;/q+1;-1. The van der Waals surface area contributed by atoms with Crippen molar-refractivity contribution in [3.63, 3.8) is 0 Å². The molecule has 0 saturated carbocycles. The molecule has 0 spiro atoms. The molecular formula is C22H31F6N2OPS. The van der Waals surface area contributed by atoms with Gasteiger partial charge in [-0.1, -0.05) is 49.9 Å². The van der Waals surface area contributed by atoms with Crippen molar-refractivity contribution in [2.75, 3.05) is 5.75 Å². The van der Waals surface area contributed by atoms with Crippen LogP contribution < -0.4 is 4.57 Å². The molecule has 0 radical (unpaired) electrons. The summed E-state index contributed by atoms with van der Waals surface area (Å²) in [6.07, 6.45) is 16.4. The van der Waals surface area contributed by atoms with Gasteiger partial charge in [-0.15, -0.1) is 0 Å². The van der Waals surface area contributed by atoms with E-state index in [-0.39, 0.29) is 5.12 Å². The Labute approximate surface area is 195 Å². The summed E-state index contributed by atoms with van der Waals surface area (Å²) in [7, 11) is -10.7. The van der Waals surface area contributed by atoms with Crippen molar-refractivity contribution in [1.29, 1.82) is 0 Å². The molecule has 188 valence electrons. The Hall–Kier alpha value is -1.67. The molecule has 0 amide bonds. The Bertz CT molecular complexity index is 822. The van der Waals surface area contributed by atoms with Crippen LogP contribution in [0.1, 0.15) is 58.3 Å². The van der Waals surface area contributed by atoms with Crippen LogP contribution in [0.4, 0.5) is 25.2 Å². The molecule has 3 nitrogen and oxygen atoms in total. The number of thioether (sulfide) groups is 1. The third-order valence-corrected chi connectivity index (χ3v) is 5.37. The quantitative estimate of drug-likeness (QED) is 0.122. The topological polar surface area (TPSA) is 33.8 Å². The first-order chi connectivity index (χ1) is 15.2. The van der Waals surface area contributed by atoms with Gasteiger partial charge in [0.25, 0.3) is 0 Å². The number of rotatable bonds is 12. The normalized spacial score (nSPS) is 13.4. The summed E-state index contributed by atoms with van der Waals surface area (Å²) in [5.74, 6) is 0.992. The monoisotopic (exact) mass is 516 g/mol. The Kier molecular flexibility index (Phi) is 11.3. The molecule has 2 aromatic rings. The molecular weight excluding hydrogens is 485 g/mol. The number of hydrogen-bond donors (Lipinski definition) is 0. The predicted molar refractivity (Wildman–Crippen MR) is 124 cm³/mol. The van der Waals surface area contributed by atoms with Gasteiger partial charge in [-0.3, -0.25) is 9.78 Å². The number of aromatic nitrogens is 2. The number of carbonyl (C=O) groups is 1. The summed E-state index contributed by atoms with van der Waals surface area (Å²) in [5, 5.41) is 0.245. The zero-order chi connectivity index (χ0) is 24.9. The molecule has 0 aliphatic rings. The fraction of sp³-hybridized carbons (Fsp3) is 0.500. The molecule has 0 fully saturated rings. The van der Waals surface area contributed by atoms with Gasteiger partial charge >= 0.3 is 33.0 Å². The van der Waals surface area contributed by atoms with E-state index in [0.29, 0.717) is 0 Å². The average molecular weight is 517 g/mol. The van der Waals surface area contributed by atoms with Crippen LogP contribution in [0.3, 0.4) is 0 Å². The van der Waals surface area contributed by atoms with Gasteiger partial charge in [0.15, 0.2) is 17.5 Å². The number of halogens is 6. The summed E-state index contributed by atoms with van der Waals surface area (Å²) in [5.41, 5.74) is 2.20. The van der Waals surface area contributed by atoms with Crippen LogP contribution in [0.2, 0.25) is 0 Å². The van der Waals surface area contributed by atoms with Crippen LogP contribution in [-0.2, 0) is 11.3 Å². The number of hydrogen-bond acceptors (Lipinski definition) is 3. The predicted octanol–water partition coefficient (Wildman–Crippen LogP) is 8.82. The van der Waals surface area contributed by atoms with Gasteiger partial charge in [0, 0.05) is 43.0 Å². The van der Waals surface area contributed by atoms with E-state index >= 15 is 0 Å². The minimum absolute atomic E-state index is 0.245. The number of carbonyl (C=O) groups excluding carboxylic acids is 1. The summed E-state index contributed by atoms with van der Waals surface area (Å²) in [6.45, 7) is 2.74. The molecule has 0 aromatic carbocycles. The molecule has 0 N–H and O–H groups in total. The first kappa shape index (κ1) is 29.4. The van der Waals surface area contributed by atoms with Crippen molar-refractivity contribution >= 4 is 24.7 Å². The summed E-state index contributed by atoms with van der Waals surface area (Å²) in [4.78, 5) is 15.2. The molecule has 2 heterocycles. The molecule has 0 atom stereocenters. The third kappa shape index (κ3) is 20.7. The molecule has 0 bridgehead atoms. The van der Waals surface area contributed by atoms with E-state index in [1.165, 1.54) is 68.7 Å². The van der Waals surface area contributed by atoms with Gasteiger partial charge in [-0.25, -0.2) is 4.57 Å². The van der Waals surface area contributed by atoms with Crippen LogP contribution in [-0.4, -0.2) is 15.9 Å². The number of unbranched alkanes of at least 4 members (excludes halogenated alkanes) is 7. The fourth-order valence-corrected chi connectivity index (χ4v) is 3.62. The molecule has 2 rings (SSSR count).